The molecule has 0 saturated heterocycles. The summed E-state index contributed by atoms with van der Waals surface area (Å²) in [5.74, 6) is -0.481. The largest absolute Gasteiger partial charge is 0.361 e. The number of hydrogen-bond acceptors (Lipinski definition) is 4. The summed E-state index contributed by atoms with van der Waals surface area (Å²) in [6.45, 7) is 5.99. The summed E-state index contributed by atoms with van der Waals surface area (Å²) in [4.78, 5) is 0. The number of hydrogen-bond donors (Lipinski definition) is 1. The summed E-state index contributed by atoms with van der Waals surface area (Å²) < 4.78 is 40.6. The fourth-order valence-corrected chi connectivity index (χ4v) is 2.65. The summed E-state index contributed by atoms with van der Waals surface area (Å²) in [6, 6.07) is 9.19. The van der Waals surface area contributed by atoms with E-state index >= 15 is 0 Å². The Bertz CT molecular complexity index is 885. The Kier molecular flexibility index (Phi) is 4.36. The lowest BCUT2D eigenvalue weighted by Gasteiger charge is -2.32. The minimum Gasteiger partial charge on any atom is -0.361 e. The highest BCUT2D eigenvalue weighted by atomic mass is 19.3. The van der Waals surface area contributed by atoms with Crippen LogP contribution >= 0.6 is 0 Å². The van der Waals surface area contributed by atoms with Gasteiger partial charge in [-0.1, -0.05) is 32.9 Å². The minimum absolute atomic E-state index is 0.235. The van der Waals surface area contributed by atoms with Crippen molar-refractivity contribution in [3.63, 3.8) is 0 Å². The van der Waals surface area contributed by atoms with E-state index in [0.717, 1.165) is 10.1 Å². The normalized spacial score (nSPS) is 13.4. The Morgan fingerprint density at radius 1 is 1.08 bits per heavy atom. The van der Waals surface area contributed by atoms with E-state index in [2.05, 4.69) is 20.6 Å². The van der Waals surface area contributed by atoms with Crippen LogP contribution in [0.25, 0.3) is 5.65 Å². The lowest BCUT2D eigenvalue weighted by molar-refractivity contribution is 0.137. The van der Waals surface area contributed by atoms with Gasteiger partial charge in [0.25, 0.3) is 6.43 Å². The standard InChI is InChI=1S/C17H18F3N5/c1-17(2,3)14(10-5-4-6-11(18)9-10)21-12-7-8-13-22-23-16(15(19)20)25(13)24-12/h4-9,14-15H,1-3H3,(H,21,24). The number of halogens is 3. The van der Waals surface area contributed by atoms with Crippen molar-refractivity contribution >= 4 is 11.5 Å². The van der Waals surface area contributed by atoms with Gasteiger partial charge in [0.2, 0.25) is 5.82 Å². The number of nitrogens with zero attached hydrogens (tertiary/aromatic N) is 4. The first-order valence-electron chi connectivity index (χ1n) is 7.78. The lowest BCUT2D eigenvalue weighted by atomic mass is 9.82. The van der Waals surface area contributed by atoms with Crippen LogP contribution in [0.4, 0.5) is 19.0 Å². The molecule has 1 aromatic carbocycles. The Hall–Kier alpha value is -2.64. The third kappa shape index (κ3) is 3.57. The van der Waals surface area contributed by atoms with Crippen molar-refractivity contribution in [1.82, 2.24) is 19.8 Å². The van der Waals surface area contributed by atoms with Gasteiger partial charge in [-0.2, -0.15) is 4.52 Å². The molecule has 5 nitrogen and oxygen atoms in total. The number of benzene rings is 1. The van der Waals surface area contributed by atoms with E-state index in [1.54, 1.807) is 18.2 Å². The summed E-state index contributed by atoms with van der Waals surface area (Å²) in [6.07, 6.45) is -2.78. The molecule has 3 aromatic rings. The van der Waals surface area contributed by atoms with Crippen molar-refractivity contribution in [3.8, 4) is 0 Å². The molecular weight excluding hydrogens is 331 g/mol. The second kappa shape index (κ2) is 6.34. The average molecular weight is 349 g/mol. The molecule has 8 heteroatoms. The molecule has 132 valence electrons. The van der Waals surface area contributed by atoms with Crippen molar-refractivity contribution in [2.45, 2.75) is 33.2 Å². The molecule has 2 aromatic heterocycles. The van der Waals surface area contributed by atoms with Gasteiger partial charge in [0.15, 0.2) is 5.65 Å². The van der Waals surface area contributed by atoms with Crippen LogP contribution < -0.4 is 5.32 Å². The van der Waals surface area contributed by atoms with Crippen molar-refractivity contribution in [3.05, 3.63) is 53.6 Å². The molecule has 1 atom stereocenters. The number of aromatic nitrogens is 4. The van der Waals surface area contributed by atoms with Gasteiger partial charge >= 0.3 is 0 Å². The lowest BCUT2D eigenvalue weighted by Crippen LogP contribution is -2.26. The molecule has 0 spiro atoms. The van der Waals surface area contributed by atoms with Crippen LogP contribution in [0, 0.1) is 11.2 Å². The molecule has 0 aliphatic rings. The summed E-state index contributed by atoms with van der Waals surface area (Å²) in [5.41, 5.74) is 0.703. The van der Waals surface area contributed by atoms with E-state index in [-0.39, 0.29) is 22.9 Å². The zero-order valence-corrected chi connectivity index (χ0v) is 14.0. The highest BCUT2D eigenvalue weighted by Crippen LogP contribution is 2.35. The molecule has 0 aliphatic carbocycles. The first-order chi connectivity index (χ1) is 11.8. The van der Waals surface area contributed by atoms with Gasteiger partial charge in [0.05, 0.1) is 6.04 Å². The Morgan fingerprint density at radius 2 is 1.84 bits per heavy atom. The second-order valence-corrected chi connectivity index (χ2v) is 6.85. The number of alkyl halides is 2. The Labute approximate surface area is 142 Å². The predicted octanol–water partition coefficient (Wildman–Crippen LogP) is 4.40. The molecule has 1 N–H and O–H groups in total. The highest BCUT2D eigenvalue weighted by molar-refractivity contribution is 5.46. The second-order valence-electron chi connectivity index (χ2n) is 6.85. The molecule has 0 radical (unpaired) electrons. The molecule has 0 fully saturated rings. The van der Waals surface area contributed by atoms with Gasteiger partial charge in [-0.05, 0) is 35.2 Å². The SMILES string of the molecule is CC(C)(C)C(Nc1ccc2nnc(C(F)F)n2n1)c1cccc(F)c1. The maximum atomic E-state index is 13.6. The molecule has 1 unspecified atom stereocenters. The molecule has 0 aliphatic heterocycles. The van der Waals surface area contributed by atoms with Gasteiger partial charge in [-0.25, -0.2) is 13.2 Å². The summed E-state index contributed by atoms with van der Waals surface area (Å²) >= 11 is 0. The summed E-state index contributed by atoms with van der Waals surface area (Å²) in [5, 5.41) is 14.5. The van der Waals surface area contributed by atoms with E-state index in [1.807, 2.05) is 26.8 Å². The molecule has 0 bridgehead atoms. The predicted molar refractivity (Wildman–Crippen MR) is 88.0 cm³/mol. The van der Waals surface area contributed by atoms with Gasteiger partial charge in [0, 0.05) is 0 Å². The number of anilines is 1. The molecule has 0 saturated carbocycles. The third-order valence-electron chi connectivity index (χ3n) is 3.82. The van der Waals surface area contributed by atoms with Crippen LogP contribution in [0.5, 0.6) is 0 Å². The molecular formula is C17H18F3N5. The highest BCUT2D eigenvalue weighted by Gasteiger charge is 2.27. The number of rotatable bonds is 4. The van der Waals surface area contributed by atoms with Crippen molar-refractivity contribution in [2.24, 2.45) is 5.41 Å². The van der Waals surface area contributed by atoms with E-state index in [9.17, 15) is 13.2 Å². The van der Waals surface area contributed by atoms with Crippen molar-refractivity contribution in [1.29, 1.82) is 0 Å². The fraction of sp³-hybridized carbons (Fsp3) is 0.353. The number of fused-ring (bicyclic) bond motifs is 1. The van der Waals surface area contributed by atoms with Crippen molar-refractivity contribution in [2.75, 3.05) is 5.32 Å². The van der Waals surface area contributed by atoms with Crippen LogP contribution in [0.3, 0.4) is 0 Å². The first kappa shape index (κ1) is 17.2. The number of nitrogens with one attached hydrogen (secondary N) is 1. The van der Waals surface area contributed by atoms with E-state index in [0.29, 0.717) is 5.82 Å². The van der Waals surface area contributed by atoms with Crippen molar-refractivity contribution < 1.29 is 13.2 Å². The average Bonchev–Trinajstić information content (AvgIpc) is 2.94. The molecule has 0 amide bonds. The van der Waals surface area contributed by atoms with Crippen LogP contribution in [-0.4, -0.2) is 19.8 Å². The van der Waals surface area contributed by atoms with E-state index < -0.39 is 12.2 Å². The van der Waals surface area contributed by atoms with Crippen LogP contribution in [0.2, 0.25) is 0 Å². The Balaban J connectivity index is 1.99. The first-order valence-corrected chi connectivity index (χ1v) is 7.78. The maximum Gasteiger partial charge on any atom is 0.299 e. The van der Waals surface area contributed by atoms with Gasteiger partial charge in [-0.15, -0.1) is 15.3 Å². The third-order valence-corrected chi connectivity index (χ3v) is 3.82. The van der Waals surface area contributed by atoms with E-state index in [1.165, 1.54) is 12.1 Å². The molecule has 25 heavy (non-hydrogen) atoms. The van der Waals surface area contributed by atoms with Crippen LogP contribution in [-0.2, 0) is 0 Å². The van der Waals surface area contributed by atoms with E-state index in [4.69, 9.17) is 0 Å². The molecule has 2 heterocycles. The topological polar surface area (TPSA) is 55.1 Å². The van der Waals surface area contributed by atoms with Crippen LogP contribution in [0.15, 0.2) is 36.4 Å². The smallest absolute Gasteiger partial charge is 0.299 e. The zero-order chi connectivity index (χ0) is 18.2. The van der Waals surface area contributed by atoms with Gasteiger partial charge in [-0.3, -0.25) is 0 Å². The minimum atomic E-state index is -2.78. The monoisotopic (exact) mass is 349 g/mol. The fourth-order valence-electron chi connectivity index (χ4n) is 2.65. The molecule has 3 rings (SSSR count). The Morgan fingerprint density at radius 3 is 2.48 bits per heavy atom. The summed E-state index contributed by atoms with van der Waals surface area (Å²) in [7, 11) is 0. The van der Waals surface area contributed by atoms with Gasteiger partial charge < -0.3 is 5.32 Å². The van der Waals surface area contributed by atoms with Crippen LogP contribution in [0.1, 0.15) is 44.6 Å². The maximum absolute atomic E-state index is 13.6. The zero-order valence-electron chi connectivity index (χ0n) is 14.0. The van der Waals surface area contributed by atoms with Gasteiger partial charge in [0.1, 0.15) is 11.6 Å². The quantitative estimate of drug-likeness (QED) is 0.758.